The van der Waals surface area contributed by atoms with Crippen LogP contribution >= 0.6 is 11.3 Å². The fourth-order valence-corrected chi connectivity index (χ4v) is 7.31. The van der Waals surface area contributed by atoms with E-state index in [2.05, 4.69) is 4.40 Å². The number of nitrogens with zero attached hydrogens (tertiary/aromatic N) is 3. The first kappa shape index (κ1) is 27.1. The Bertz CT molecular complexity index is 1950. The zero-order valence-electron chi connectivity index (χ0n) is 23.2. The normalized spacial score (nSPS) is 20.7. The van der Waals surface area contributed by atoms with E-state index in [9.17, 15) is 8.42 Å². The van der Waals surface area contributed by atoms with Crippen molar-refractivity contribution in [2.75, 3.05) is 5.01 Å². The molecule has 2 aliphatic heterocycles. The van der Waals surface area contributed by atoms with Crippen LogP contribution in [0.1, 0.15) is 27.5 Å². The van der Waals surface area contributed by atoms with Crippen LogP contribution in [0.15, 0.2) is 153 Å². The molecule has 7 rings (SSSR count). The third kappa shape index (κ3) is 4.78. The Morgan fingerprint density at radius 2 is 1.47 bits per heavy atom. The van der Waals surface area contributed by atoms with Crippen LogP contribution in [0.4, 0.5) is 5.69 Å². The van der Waals surface area contributed by atoms with Crippen LogP contribution in [-0.2, 0) is 14.8 Å². The monoisotopic (exact) mass is 601 g/mol. The van der Waals surface area contributed by atoms with Gasteiger partial charge in [-0.2, -0.15) is 13.5 Å². The van der Waals surface area contributed by atoms with E-state index < -0.39 is 21.5 Å². The van der Waals surface area contributed by atoms with Crippen LogP contribution in [0.2, 0.25) is 0 Å². The Morgan fingerprint density at radius 1 is 0.814 bits per heavy atom. The van der Waals surface area contributed by atoms with E-state index in [1.165, 1.54) is 11.3 Å². The van der Waals surface area contributed by atoms with Crippen molar-refractivity contribution < 1.29 is 13.2 Å². The fraction of sp³-hybridized carbons (Fsp3) is 0.0857. The van der Waals surface area contributed by atoms with Crippen LogP contribution in [0.25, 0.3) is 5.76 Å². The number of hydrogen-bond donors (Lipinski definition) is 0. The van der Waals surface area contributed by atoms with E-state index in [0.29, 0.717) is 5.76 Å². The molecule has 0 radical (unpaired) electrons. The van der Waals surface area contributed by atoms with Crippen LogP contribution in [-0.4, -0.2) is 25.6 Å². The molecule has 0 amide bonds. The SMILES string of the molecule is Cc1ccc(S(=O)(=O)/N=C2\OC(c3cccs3)=CC23C(c2ccccc2)C(c2ccccc2)=NN3c2ccccc2)cc1. The van der Waals surface area contributed by atoms with Crippen LogP contribution in [0.3, 0.4) is 0 Å². The summed E-state index contributed by atoms with van der Waals surface area (Å²) in [5, 5.41) is 9.09. The molecule has 3 heterocycles. The molecule has 2 atom stereocenters. The van der Waals surface area contributed by atoms with E-state index >= 15 is 0 Å². The quantitative estimate of drug-likeness (QED) is 0.200. The molecule has 0 aliphatic carbocycles. The number of rotatable bonds is 6. The second-order valence-electron chi connectivity index (χ2n) is 10.4. The molecular formula is C35H27N3O3S2. The van der Waals surface area contributed by atoms with Gasteiger partial charge in [-0.15, -0.1) is 15.7 Å². The number of ether oxygens (including phenoxy) is 1. The van der Waals surface area contributed by atoms with Crippen LogP contribution < -0.4 is 5.01 Å². The molecule has 0 fully saturated rings. The van der Waals surface area contributed by atoms with Gasteiger partial charge in [0.05, 0.1) is 27.1 Å². The minimum Gasteiger partial charge on any atom is -0.438 e. The molecule has 2 aliphatic rings. The summed E-state index contributed by atoms with van der Waals surface area (Å²) in [5.41, 5.74) is 3.16. The summed E-state index contributed by atoms with van der Waals surface area (Å²) in [4.78, 5) is 0.962. The summed E-state index contributed by atoms with van der Waals surface area (Å²) in [6.45, 7) is 1.91. The topological polar surface area (TPSA) is 71.3 Å². The third-order valence-corrected chi connectivity index (χ3v) is 9.82. The van der Waals surface area contributed by atoms with Gasteiger partial charge in [0.1, 0.15) is 5.76 Å². The fourth-order valence-electron chi connectivity index (χ4n) is 5.65. The first-order chi connectivity index (χ1) is 21.0. The molecule has 212 valence electrons. The van der Waals surface area contributed by atoms with Crippen molar-refractivity contribution >= 4 is 44.4 Å². The number of sulfonamides is 1. The molecular weight excluding hydrogens is 575 g/mol. The summed E-state index contributed by atoms with van der Waals surface area (Å²) in [6, 6.07) is 40.3. The van der Waals surface area contributed by atoms with Crippen molar-refractivity contribution in [2.45, 2.75) is 23.3 Å². The van der Waals surface area contributed by atoms with Crippen molar-refractivity contribution in [3.63, 3.8) is 0 Å². The van der Waals surface area contributed by atoms with E-state index in [1.807, 2.05) is 127 Å². The van der Waals surface area contributed by atoms with E-state index in [-0.39, 0.29) is 10.8 Å². The highest BCUT2D eigenvalue weighted by Crippen LogP contribution is 2.51. The smallest absolute Gasteiger partial charge is 0.285 e. The highest BCUT2D eigenvalue weighted by atomic mass is 32.2. The highest BCUT2D eigenvalue weighted by molar-refractivity contribution is 7.90. The maximum Gasteiger partial charge on any atom is 0.285 e. The minimum absolute atomic E-state index is 0.0452. The Kier molecular flexibility index (Phi) is 6.80. The first-order valence-corrected chi connectivity index (χ1v) is 16.2. The standard InChI is InChI=1S/C35H27N3O3S2/c1-25-19-21-29(22-20-25)43(39,40)37-34-35(24-30(41-34)31-18-11-23-42-31)32(26-12-5-2-6-13-26)33(27-14-7-3-8-15-27)36-38(35)28-16-9-4-10-17-28/h2-24,32H,1H3/b37-34-. The molecule has 5 aromatic rings. The van der Waals surface area contributed by atoms with Gasteiger partial charge in [-0.1, -0.05) is 103 Å². The van der Waals surface area contributed by atoms with Crippen molar-refractivity contribution in [3.05, 3.63) is 160 Å². The molecule has 0 saturated heterocycles. The molecule has 4 aromatic carbocycles. The lowest BCUT2D eigenvalue weighted by Gasteiger charge is -2.36. The molecule has 6 nitrogen and oxygen atoms in total. The number of hydrogen-bond acceptors (Lipinski definition) is 6. The molecule has 0 bridgehead atoms. The van der Waals surface area contributed by atoms with Crippen molar-refractivity contribution in [1.29, 1.82) is 0 Å². The number of hydrazone groups is 1. The van der Waals surface area contributed by atoms with Gasteiger partial charge < -0.3 is 4.74 Å². The summed E-state index contributed by atoms with van der Waals surface area (Å²) < 4.78 is 38.9. The summed E-state index contributed by atoms with van der Waals surface area (Å²) in [7, 11) is -4.15. The second-order valence-corrected chi connectivity index (χ2v) is 13.0. The molecule has 2 unspecified atom stereocenters. The summed E-state index contributed by atoms with van der Waals surface area (Å²) in [5.74, 6) is 0.129. The number of thiophene rings is 1. The molecule has 0 saturated carbocycles. The van der Waals surface area contributed by atoms with Gasteiger partial charge in [-0.3, -0.25) is 0 Å². The Morgan fingerprint density at radius 3 is 2.12 bits per heavy atom. The van der Waals surface area contributed by atoms with Gasteiger partial charge >= 0.3 is 0 Å². The summed E-state index contributed by atoms with van der Waals surface area (Å²) in [6.07, 6.45) is 1.99. The Hall–Kier alpha value is -4.79. The van der Waals surface area contributed by atoms with E-state index in [1.54, 1.807) is 24.3 Å². The average molecular weight is 602 g/mol. The lowest BCUT2D eigenvalue weighted by atomic mass is 9.75. The Balaban J connectivity index is 1.54. The maximum absolute atomic E-state index is 13.9. The van der Waals surface area contributed by atoms with Crippen molar-refractivity contribution in [3.8, 4) is 0 Å². The van der Waals surface area contributed by atoms with E-state index in [4.69, 9.17) is 9.84 Å². The van der Waals surface area contributed by atoms with Gasteiger partial charge in [-0.05, 0) is 59.8 Å². The molecule has 8 heteroatoms. The molecule has 1 spiro atoms. The highest BCUT2D eigenvalue weighted by Gasteiger charge is 2.60. The van der Waals surface area contributed by atoms with Gasteiger partial charge in [0, 0.05) is 0 Å². The largest absolute Gasteiger partial charge is 0.438 e. The molecule has 43 heavy (non-hydrogen) atoms. The first-order valence-electron chi connectivity index (χ1n) is 13.9. The van der Waals surface area contributed by atoms with Crippen molar-refractivity contribution in [2.24, 2.45) is 9.50 Å². The Labute approximate surface area is 255 Å². The maximum atomic E-state index is 13.9. The zero-order valence-corrected chi connectivity index (χ0v) is 24.9. The molecule has 1 aromatic heterocycles. The van der Waals surface area contributed by atoms with Gasteiger partial charge in [0.15, 0.2) is 5.54 Å². The number of anilines is 1. The zero-order chi connectivity index (χ0) is 29.4. The number of para-hydroxylation sites is 1. The minimum atomic E-state index is -4.15. The second kappa shape index (κ2) is 10.8. The summed E-state index contributed by atoms with van der Waals surface area (Å²) >= 11 is 1.52. The van der Waals surface area contributed by atoms with Gasteiger partial charge in [-0.25, -0.2) is 5.01 Å². The third-order valence-electron chi connectivity index (χ3n) is 7.66. The van der Waals surface area contributed by atoms with E-state index in [0.717, 1.165) is 33.0 Å². The lowest BCUT2D eigenvalue weighted by molar-refractivity contribution is 0.475. The number of benzene rings is 4. The van der Waals surface area contributed by atoms with Gasteiger partial charge in [0.2, 0.25) is 5.90 Å². The average Bonchev–Trinajstić information content (AvgIpc) is 3.78. The van der Waals surface area contributed by atoms with Crippen molar-refractivity contribution in [1.82, 2.24) is 0 Å². The van der Waals surface area contributed by atoms with Crippen LogP contribution in [0, 0.1) is 6.92 Å². The predicted octanol–water partition coefficient (Wildman–Crippen LogP) is 7.66. The van der Waals surface area contributed by atoms with Gasteiger partial charge in [0.25, 0.3) is 10.0 Å². The lowest BCUT2D eigenvalue weighted by Crippen LogP contribution is -2.51. The van der Waals surface area contributed by atoms with Crippen LogP contribution in [0.5, 0.6) is 0 Å². The number of aryl methyl sites for hydroxylation is 1. The predicted molar refractivity (Wildman–Crippen MR) is 173 cm³/mol. The molecule has 0 N–H and O–H groups in total.